The summed E-state index contributed by atoms with van der Waals surface area (Å²) in [5, 5.41) is 5.15. The van der Waals surface area contributed by atoms with Gasteiger partial charge in [-0.1, -0.05) is 36.4 Å². The third-order valence-corrected chi connectivity index (χ3v) is 5.54. The van der Waals surface area contributed by atoms with Crippen molar-refractivity contribution in [2.24, 2.45) is 5.10 Å². The molecule has 1 heterocycles. The summed E-state index contributed by atoms with van der Waals surface area (Å²) in [5.74, 6) is 0.383. The lowest BCUT2D eigenvalue weighted by Gasteiger charge is -2.09. The highest BCUT2D eigenvalue weighted by Crippen LogP contribution is 2.26. The average molecular weight is 445 g/mol. The van der Waals surface area contributed by atoms with Gasteiger partial charge in [0.1, 0.15) is 17.3 Å². The number of nitrogens with zero attached hydrogens (tertiary/aromatic N) is 2. The Balaban J connectivity index is 1.62. The number of hydrogen-bond donors (Lipinski definition) is 1. The van der Waals surface area contributed by atoms with Crippen LogP contribution in [0.3, 0.4) is 0 Å². The number of carbonyl (C=O) groups excluding carboxylic acids is 1. The summed E-state index contributed by atoms with van der Waals surface area (Å²) >= 11 is 0. The van der Waals surface area contributed by atoms with E-state index in [0.29, 0.717) is 29.2 Å². The number of rotatable bonds is 7. The van der Waals surface area contributed by atoms with Gasteiger partial charge in [0.15, 0.2) is 0 Å². The first-order valence-corrected chi connectivity index (χ1v) is 10.4. The predicted molar refractivity (Wildman–Crippen MR) is 127 cm³/mol. The van der Waals surface area contributed by atoms with E-state index in [1.165, 1.54) is 20.3 Å². The Morgan fingerprint density at radius 3 is 2.39 bits per heavy atom. The largest absolute Gasteiger partial charge is 0.497 e. The lowest BCUT2D eigenvalue weighted by Crippen LogP contribution is -2.17. The fourth-order valence-corrected chi connectivity index (χ4v) is 3.78. The highest BCUT2D eigenvalue weighted by Gasteiger charge is 2.14. The molecule has 1 amide bonds. The van der Waals surface area contributed by atoms with Crippen molar-refractivity contribution in [3.05, 3.63) is 94.9 Å². The quantitative estimate of drug-likeness (QED) is 0.324. The van der Waals surface area contributed by atoms with Crippen molar-refractivity contribution >= 4 is 23.0 Å². The van der Waals surface area contributed by atoms with Crippen molar-refractivity contribution in [1.29, 1.82) is 0 Å². The zero-order valence-electron chi connectivity index (χ0n) is 18.6. The second kappa shape index (κ2) is 9.56. The second-order valence-corrected chi connectivity index (χ2v) is 7.49. The van der Waals surface area contributed by atoms with E-state index in [2.05, 4.69) is 10.5 Å². The smallest absolute Gasteiger partial charge is 0.271 e. The van der Waals surface area contributed by atoms with Gasteiger partial charge in [0.05, 0.1) is 27.0 Å². The van der Waals surface area contributed by atoms with Crippen LogP contribution in [0.25, 0.3) is 10.9 Å². The van der Waals surface area contributed by atoms with Crippen LogP contribution in [0.2, 0.25) is 0 Å². The Morgan fingerprint density at radius 1 is 1.03 bits per heavy atom. The van der Waals surface area contributed by atoms with Gasteiger partial charge in [-0.05, 0) is 31.2 Å². The van der Waals surface area contributed by atoms with E-state index in [1.807, 2.05) is 41.8 Å². The maximum Gasteiger partial charge on any atom is 0.271 e. The molecule has 4 rings (SSSR count). The number of halogens is 1. The number of carbonyl (C=O) groups is 1. The Kier molecular flexibility index (Phi) is 6.40. The minimum Gasteiger partial charge on any atom is -0.497 e. The van der Waals surface area contributed by atoms with Crippen LogP contribution in [0.5, 0.6) is 11.5 Å². The third-order valence-electron chi connectivity index (χ3n) is 5.54. The second-order valence-electron chi connectivity index (χ2n) is 7.49. The van der Waals surface area contributed by atoms with Crippen LogP contribution in [-0.4, -0.2) is 30.9 Å². The van der Waals surface area contributed by atoms with Crippen LogP contribution in [0.1, 0.15) is 27.2 Å². The molecule has 1 N–H and O–H groups in total. The van der Waals surface area contributed by atoms with Crippen molar-refractivity contribution in [1.82, 2.24) is 9.99 Å². The Hall–Kier alpha value is -4.13. The van der Waals surface area contributed by atoms with Gasteiger partial charge in [0.25, 0.3) is 5.91 Å². The van der Waals surface area contributed by atoms with E-state index in [9.17, 15) is 9.18 Å². The minimum atomic E-state index is -0.392. The van der Waals surface area contributed by atoms with Gasteiger partial charge in [-0.3, -0.25) is 4.79 Å². The van der Waals surface area contributed by atoms with Crippen LogP contribution in [0, 0.1) is 12.7 Å². The molecular weight excluding hydrogens is 421 g/mol. The summed E-state index contributed by atoms with van der Waals surface area (Å²) < 4.78 is 26.7. The fourth-order valence-electron chi connectivity index (χ4n) is 3.78. The molecule has 0 bridgehead atoms. The lowest BCUT2D eigenvalue weighted by atomic mass is 10.1. The Morgan fingerprint density at radius 2 is 1.70 bits per heavy atom. The molecule has 0 radical (unpaired) electrons. The summed E-state index contributed by atoms with van der Waals surface area (Å²) in [7, 11) is 3.04. The van der Waals surface area contributed by atoms with Gasteiger partial charge >= 0.3 is 0 Å². The average Bonchev–Trinajstić information content (AvgIpc) is 3.11. The van der Waals surface area contributed by atoms with E-state index in [-0.39, 0.29) is 5.82 Å². The zero-order valence-corrected chi connectivity index (χ0v) is 18.6. The molecule has 0 unspecified atom stereocenters. The number of amides is 1. The highest BCUT2D eigenvalue weighted by atomic mass is 19.1. The minimum absolute atomic E-state index is 0.245. The van der Waals surface area contributed by atoms with Crippen molar-refractivity contribution in [2.45, 2.75) is 13.5 Å². The number of methoxy groups -OCH3 is 2. The maximum absolute atomic E-state index is 14.3. The standard InChI is InChI=1S/C26H24FN3O3/c1-17-23(15-28-29-26(31)19-12-20(32-2)14-21(13-19)33-3)22-9-5-7-11-25(22)30(17)16-18-8-4-6-10-24(18)27/h4-15H,16H2,1-3H3,(H,29,31). The number of benzene rings is 3. The topological polar surface area (TPSA) is 64.8 Å². The number of hydrazone groups is 1. The van der Waals surface area contributed by atoms with Crippen molar-refractivity contribution in [3.63, 3.8) is 0 Å². The number of fused-ring (bicyclic) bond motifs is 1. The molecule has 1 aromatic heterocycles. The number of ether oxygens (including phenoxy) is 2. The van der Waals surface area contributed by atoms with Gasteiger partial charge in [0.2, 0.25) is 0 Å². The fraction of sp³-hybridized carbons (Fsp3) is 0.154. The normalized spacial score (nSPS) is 11.2. The first-order valence-electron chi connectivity index (χ1n) is 10.4. The molecule has 7 heteroatoms. The summed E-state index contributed by atoms with van der Waals surface area (Å²) in [5.41, 5.74) is 6.26. The molecule has 168 valence electrons. The highest BCUT2D eigenvalue weighted by molar-refractivity contribution is 6.02. The molecule has 33 heavy (non-hydrogen) atoms. The molecular formula is C26H24FN3O3. The van der Waals surface area contributed by atoms with E-state index >= 15 is 0 Å². The van der Waals surface area contributed by atoms with Gasteiger partial charge in [-0.15, -0.1) is 0 Å². The number of hydrogen-bond acceptors (Lipinski definition) is 4. The van der Waals surface area contributed by atoms with Crippen molar-refractivity contribution < 1.29 is 18.7 Å². The number of para-hydroxylation sites is 1. The number of nitrogens with one attached hydrogen (secondary N) is 1. The predicted octanol–water partition coefficient (Wildman–Crippen LogP) is 4.92. The molecule has 4 aromatic rings. The van der Waals surface area contributed by atoms with Gasteiger partial charge in [0, 0.05) is 39.4 Å². The maximum atomic E-state index is 14.3. The summed E-state index contributed by atoms with van der Waals surface area (Å²) in [6, 6.07) is 19.5. The van der Waals surface area contributed by atoms with E-state index < -0.39 is 5.91 Å². The zero-order chi connectivity index (χ0) is 23.4. The van der Waals surface area contributed by atoms with E-state index in [4.69, 9.17) is 9.47 Å². The van der Waals surface area contributed by atoms with Crippen LogP contribution < -0.4 is 14.9 Å². The molecule has 3 aromatic carbocycles. The molecule has 0 saturated carbocycles. The molecule has 0 aliphatic rings. The molecule has 6 nitrogen and oxygen atoms in total. The molecule has 0 aliphatic carbocycles. The Labute approximate surface area is 191 Å². The molecule has 0 saturated heterocycles. The van der Waals surface area contributed by atoms with Gasteiger partial charge in [-0.25, -0.2) is 9.82 Å². The van der Waals surface area contributed by atoms with Crippen LogP contribution in [0.4, 0.5) is 4.39 Å². The monoisotopic (exact) mass is 445 g/mol. The molecule has 0 aliphatic heterocycles. The third kappa shape index (κ3) is 4.57. The molecule has 0 fully saturated rings. The summed E-state index contributed by atoms with van der Waals surface area (Å²) in [6.07, 6.45) is 1.62. The first-order chi connectivity index (χ1) is 16.0. The summed E-state index contributed by atoms with van der Waals surface area (Å²) in [4.78, 5) is 12.6. The lowest BCUT2D eigenvalue weighted by molar-refractivity contribution is 0.0954. The molecule has 0 atom stereocenters. The van der Waals surface area contributed by atoms with E-state index in [1.54, 1.807) is 36.5 Å². The number of aromatic nitrogens is 1. The Bertz CT molecular complexity index is 1320. The van der Waals surface area contributed by atoms with Gasteiger partial charge in [-0.2, -0.15) is 5.10 Å². The molecule has 0 spiro atoms. The van der Waals surface area contributed by atoms with Gasteiger partial charge < -0.3 is 14.0 Å². The van der Waals surface area contributed by atoms with Crippen molar-refractivity contribution in [3.8, 4) is 11.5 Å². The van der Waals surface area contributed by atoms with Crippen LogP contribution in [-0.2, 0) is 6.54 Å². The van der Waals surface area contributed by atoms with E-state index in [0.717, 1.165) is 22.2 Å². The SMILES string of the molecule is COc1cc(OC)cc(C(=O)NN=Cc2c(C)n(Cc3ccccc3F)c3ccccc23)c1. The first kappa shape index (κ1) is 22.1. The van der Waals surface area contributed by atoms with Crippen LogP contribution in [0.15, 0.2) is 71.8 Å². The van der Waals surface area contributed by atoms with Crippen molar-refractivity contribution in [2.75, 3.05) is 14.2 Å². The van der Waals surface area contributed by atoms with Crippen LogP contribution >= 0.6 is 0 Å². The summed E-state index contributed by atoms with van der Waals surface area (Å²) in [6.45, 7) is 2.35.